The Morgan fingerprint density at radius 3 is 2.78 bits per heavy atom. The van der Waals surface area contributed by atoms with Gasteiger partial charge in [-0.3, -0.25) is 4.79 Å². The van der Waals surface area contributed by atoms with Gasteiger partial charge in [-0.2, -0.15) is 0 Å². The predicted molar refractivity (Wildman–Crippen MR) is 69.3 cm³/mol. The Morgan fingerprint density at radius 1 is 1.50 bits per heavy atom. The lowest BCUT2D eigenvalue weighted by Crippen LogP contribution is -2.45. The molecule has 1 aromatic rings. The Morgan fingerprint density at radius 2 is 2.22 bits per heavy atom. The van der Waals surface area contributed by atoms with E-state index in [2.05, 4.69) is 15.0 Å². The highest BCUT2D eigenvalue weighted by Gasteiger charge is 2.19. The molecule has 0 aliphatic carbocycles. The van der Waals surface area contributed by atoms with Crippen molar-refractivity contribution in [2.75, 3.05) is 5.75 Å². The molecule has 0 aromatic carbocycles. The van der Waals surface area contributed by atoms with Crippen LogP contribution in [0.25, 0.3) is 0 Å². The van der Waals surface area contributed by atoms with Gasteiger partial charge in [-0.1, -0.05) is 6.92 Å². The second-order valence-electron chi connectivity index (χ2n) is 4.10. The second-order valence-corrected chi connectivity index (χ2v) is 5.97. The summed E-state index contributed by atoms with van der Waals surface area (Å²) in [7, 11) is -3.37. The fourth-order valence-electron chi connectivity index (χ4n) is 1.46. The van der Waals surface area contributed by atoms with E-state index >= 15 is 0 Å². The van der Waals surface area contributed by atoms with Gasteiger partial charge in [-0.25, -0.2) is 13.1 Å². The molecule has 1 rings (SSSR count). The van der Waals surface area contributed by atoms with E-state index in [9.17, 15) is 13.2 Å². The average Bonchev–Trinajstić information content (AvgIpc) is 2.77. The molecule has 6 nitrogen and oxygen atoms in total. The van der Waals surface area contributed by atoms with Gasteiger partial charge in [-0.15, -0.1) is 0 Å². The summed E-state index contributed by atoms with van der Waals surface area (Å²) in [6.45, 7) is 3.68. The van der Waals surface area contributed by atoms with Crippen LogP contribution < -0.4 is 10.0 Å². The van der Waals surface area contributed by atoms with Gasteiger partial charge in [0.2, 0.25) is 15.9 Å². The molecule has 0 aliphatic heterocycles. The Bertz CT molecular complexity index is 468. The minimum atomic E-state index is -3.37. The number of carbonyl (C=O) groups excluding carboxylic acids is 1. The number of hydrogen-bond donors (Lipinski definition) is 3. The van der Waals surface area contributed by atoms with Crippen LogP contribution in [-0.4, -0.2) is 31.1 Å². The minimum Gasteiger partial charge on any atom is -0.367 e. The highest BCUT2D eigenvalue weighted by Crippen LogP contribution is 1.97. The summed E-state index contributed by atoms with van der Waals surface area (Å²) < 4.78 is 25.3. The van der Waals surface area contributed by atoms with E-state index in [0.29, 0.717) is 13.0 Å². The first-order valence-corrected chi connectivity index (χ1v) is 7.49. The number of sulfonamides is 1. The van der Waals surface area contributed by atoms with Gasteiger partial charge in [0.05, 0.1) is 11.8 Å². The van der Waals surface area contributed by atoms with Crippen LogP contribution in [0.15, 0.2) is 18.5 Å². The third-order valence-electron chi connectivity index (χ3n) is 2.35. The molecular formula is C11H19N3O3S. The predicted octanol–water partition coefficient (Wildman–Crippen LogP) is 0.349. The standard InChI is InChI=1S/C11H19N3O3S/c1-3-6-18(16,17)14-9(2)11(15)13-8-10-4-5-12-7-10/h4-5,7,9,12,14H,3,6,8H2,1-2H3,(H,13,15). The molecule has 0 aliphatic rings. The first kappa shape index (κ1) is 14.7. The van der Waals surface area contributed by atoms with Gasteiger partial charge >= 0.3 is 0 Å². The molecule has 0 saturated carbocycles. The molecule has 1 amide bonds. The van der Waals surface area contributed by atoms with E-state index < -0.39 is 16.1 Å². The normalized spacial score (nSPS) is 13.2. The van der Waals surface area contributed by atoms with Crippen LogP contribution in [0.4, 0.5) is 0 Å². The SMILES string of the molecule is CCCS(=O)(=O)NC(C)C(=O)NCc1cc[nH]c1. The molecule has 1 unspecified atom stereocenters. The zero-order chi connectivity index (χ0) is 13.6. The van der Waals surface area contributed by atoms with Crippen molar-refractivity contribution in [3.63, 3.8) is 0 Å². The third-order valence-corrected chi connectivity index (χ3v) is 4.01. The lowest BCUT2D eigenvalue weighted by Gasteiger charge is -2.13. The van der Waals surface area contributed by atoms with Crippen LogP contribution >= 0.6 is 0 Å². The molecule has 1 atom stereocenters. The molecule has 0 saturated heterocycles. The summed E-state index contributed by atoms with van der Waals surface area (Å²) in [6.07, 6.45) is 4.05. The highest BCUT2D eigenvalue weighted by molar-refractivity contribution is 7.89. The molecule has 18 heavy (non-hydrogen) atoms. The Hall–Kier alpha value is -1.34. The van der Waals surface area contributed by atoms with Crippen molar-refractivity contribution in [3.05, 3.63) is 24.0 Å². The van der Waals surface area contributed by atoms with Gasteiger partial charge in [0.1, 0.15) is 0 Å². The molecule has 1 heterocycles. The quantitative estimate of drug-likeness (QED) is 0.669. The fourth-order valence-corrected chi connectivity index (χ4v) is 2.76. The maximum Gasteiger partial charge on any atom is 0.238 e. The lowest BCUT2D eigenvalue weighted by molar-refractivity contribution is -0.122. The Balaban J connectivity index is 2.42. The Kier molecular flexibility index (Phi) is 5.36. The van der Waals surface area contributed by atoms with E-state index in [-0.39, 0.29) is 11.7 Å². The number of amides is 1. The number of aromatic nitrogens is 1. The van der Waals surface area contributed by atoms with E-state index in [1.807, 2.05) is 6.07 Å². The number of rotatable bonds is 7. The first-order chi connectivity index (χ1) is 8.44. The second kappa shape index (κ2) is 6.55. The molecule has 3 N–H and O–H groups in total. The Labute approximate surface area is 107 Å². The largest absolute Gasteiger partial charge is 0.367 e. The number of H-pyrrole nitrogens is 1. The van der Waals surface area contributed by atoms with Crippen molar-refractivity contribution < 1.29 is 13.2 Å². The smallest absolute Gasteiger partial charge is 0.238 e. The fraction of sp³-hybridized carbons (Fsp3) is 0.545. The zero-order valence-corrected chi connectivity index (χ0v) is 11.4. The van der Waals surface area contributed by atoms with Crippen molar-refractivity contribution in [2.24, 2.45) is 0 Å². The molecule has 7 heteroatoms. The molecular weight excluding hydrogens is 254 g/mol. The van der Waals surface area contributed by atoms with E-state index in [0.717, 1.165) is 5.56 Å². The van der Waals surface area contributed by atoms with Crippen molar-refractivity contribution in [1.29, 1.82) is 0 Å². The molecule has 1 aromatic heterocycles. The summed E-state index contributed by atoms with van der Waals surface area (Å²) in [6, 6.07) is 1.08. The molecule has 0 spiro atoms. The molecule has 0 fully saturated rings. The minimum absolute atomic E-state index is 0.0302. The number of carbonyl (C=O) groups is 1. The summed E-state index contributed by atoms with van der Waals surface area (Å²) >= 11 is 0. The number of nitrogens with one attached hydrogen (secondary N) is 3. The summed E-state index contributed by atoms with van der Waals surface area (Å²) in [4.78, 5) is 14.5. The zero-order valence-electron chi connectivity index (χ0n) is 10.6. The highest BCUT2D eigenvalue weighted by atomic mass is 32.2. The van der Waals surface area contributed by atoms with Crippen LogP contribution in [0.3, 0.4) is 0 Å². The first-order valence-electron chi connectivity index (χ1n) is 5.84. The molecule has 102 valence electrons. The van der Waals surface area contributed by atoms with Gasteiger partial charge in [0.15, 0.2) is 0 Å². The number of aromatic amines is 1. The van der Waals surface area contributed by atoms with Crippen LogP contribution in [0, 0.1) is 0 Å². The van der Waals surface area contributed by atoms with Crippen molar-refractivity contribution >= 4 is 15.9 Å². The number of hydrogen-bond acceptors (Lipinski definition) is 3. The maximum atomic E-state index is 11.7. The van der Waals surface area contributed by atoms with Gasteiger partial charge in [0, 0.05) is 18.9 Å². The van der Waals surface area contributed by atoms with Crippen molar-refractivity contribution in [2.45, 2.75) is 32.9 Å². The monoisotopic (exact) mass is 273 g/mol. The van der Waals surface area contributed by atoms with Gasteiger partial charge in [-0.05, 0) is 25.0 Å². The van der Waals surface area contributed by atoms with Crippen LogP contribution in [0.1, 0.15) is 25.8 Å². The van der Waals surface area contributed by atoms with Crippen LogP contribution in [-0.2, 0) is 21.4 Å². The van der Waals surface area contributed by atoms with E-state index in [1.165, 1.54) is 6.92 Å². The summed E-state index contributed by atoms with van der Waals surface area (Å²) in [5, 5.41) is 2.66. The van der Waals surface area contributed by atoms with Crippen molar-refractivity contribution in [1.82, 2.24) is 15.0 Å². The topological polar surface area (TPSA) is 91.1 Å². The third kappa shape index (κ3) is 4.89. The summed E-state index contributed by atoms with van der Waals surface area (Å²) in [5.41, 5.74) is 0.937. The van der Waals surface area contributed by atoms with Crippen LogP contribution in [0.5, 0.6) is 0 Å². The lowest BCUT2D eigenvalue weighted by atomic mass is 10.3. The molecule has 0 radical (unpaired) electrons. The van der Waals surface area contributed by atoms with Gasteiger partial charge < -0.3 is 10.3 Å². The van der Waals surface area contributed by atoms with Crippen LogP contribution in [0.2, 0.25) is 0 Å². The van der Waals surface area contributed by atoms with E-state index in [4.69, 9.17) is 0 Å². The molecule has 0 bridgehead atoms. The average molecular weight is 273 g/mol. The maximum absolute atomic E-state index is 11.7. The van der Waals surface area contributed by atoms with E-state index in [1.54, 1.807) is 19.3 Å². The summed E-state index contributed by atoms with van der Waals surface area (Å²) in [5.74, 6) is -0.307. The van der Waals surface area contributed by atoms with Crippen molar-refractivity contribution in [3.8, 4) is 0 Å². The van der Waals surface area contributed by atoms with Gasteiger partial charge in [0.25, 0.3) is 0 Å².